The smallest absolute Gasteiger partial charge is 0.317 e. The lowest BCUT2D eigenvalue weighted by atomic mass is 9.95. The van der Waals surface area contributed by atoms with Crippen LogP contribution in [0.25, 0.3) is 0 Å². The van der Waals surface area contributed by atoms with Crippen LogP contribution in [0.5, 0.6) is 0 Å². The van der Waals surface area contributed by atoms with Crippen LogP contribution >= 0.6 is 0 Å². The van der Waals surface area contributed by atoms with Gasteiger partial charge in [-0.15, -0.1) is 0 Å². The molecule has 1 saturated heterocycles. The summed E-state index contributed by atoms with van der Waals surface area (Å²) in [6.45, 7) is 6.94. The first-order chi connectivity index (χ1) is 14.1. The van der Waals surface area contributed by atoms with E-state index in [-0.39, 0.29) is 12.1 Å². The first kappa shape index (κ1) is 21.2. The molecular weight excluding hydrogens is 360 g/mol. The molecule has 1 aromatic carbocycles. The quantitative estimate of drug-likeness (QED) is 0.750. The maximum atomic E-state index is 12.9. The lowest BCUT2D eigenvalue weighted by Crippen LogP contribution is -2.41. The topological polar surface area (TPSA) is 48.5 Å². The third kappa shape index (κ3) is 5.72. The zero-order chi connectivity index (χ0) is 20.6. The minimum atomic E-state index is -0.0549. The first-order valence-corrected chi connectivity index (χ1v) is 10.8. The summed E-state index contributed by atoms with van der Waals surface area (Å²) in [6.07, 6.45) is 6.91. The molecule has 1 unspecified atom stereocenters. The Morgan fingerprint density at radius 3 is 2.45 bits per heavy atom. The van der Waals surface area contributed by atoms with Crippen molar-refractivity contribution in [3.63, 3.8) is 0 Å². The fourth-order valence-corrected chi connectivity index (χ4v) is 4.18. The van der Waals surface area contributed by atoms with Gasteiger partial charge in [-0.25, -0.2) is 9.78 Å². The average molecular weight is 395 g/mol. The van der Waals surface area contributed by atoms with E-state index in [9.17, 15) is 4.79 Å². The number of pyridine rings is 1. The van der Waals surface area contributed by atoms with Crippen molar-refractivity contribution in [3.05, 3.63) is 59.8 Å². The summed E-state index contributed by atoms with van der Waals surface area (Å²) >= 11 is 0. The Morgan fingerprint density at radius 1 is 1.10 bits per heavy atom. The van der Waals surface area contributed by atoms with E-state index >= 15 is 0 Å². The van der Waals surface area contributed by atoms with Gasteiger partial charge in [0.15, 0.2) is 0 Å². The van der Waals surface area contributed by atoms with Crippen molar-refractivity contribution in [2.45, 2.75) is 52.1 Å². The molecule has 3 rings (SSSR count). The fraction of sp³-hybridized carbons (Fsp3) is 0.500. The van der Waals surface area contributed by atoms with E-state index in [4.69, 9.17) is 0 Å². The van der Waals surface area contributed by atoms with E-state index in [2.05, 4.69) is 47.2 Å². The van der Waals surface area contributed by atoms with Gasteiger partial charge in [-0.05, 0) is 42.0 Å². The van der Waals surface area contributed by atoms with Gasteiger partial charge in [0.1, 0.15) is 5.82 Å². The number of benzene rings is 1. The van der Waals surface area contributed by atoms with Crippen LogP contribution in [0.3, 0.4) is 0 Å². The molecule has 1 fully saturated rings. The molecule has 0 radical (unpaired) electrons. The maximum Gasteiger partial charge on any atom is 0.317 e. The minimum Gasteiger partial charge on any atom is -0.357 e. The molecule has 29 heavy (non-hydrogen) atoms. The lowest BCUT2D eigenvalue weighted by Gasteiger charge is -2.32. The summed E-state index contributed by atoms with van der Waals surface area (Å²) in [5.74, 6) is 1.35. The zero-order valence-electron chi connectivity index (χ0n) is 18.0. The number of hydrogen-bond acceptors (Lipinski definition) is 3. The van der Waals surface area contributed by atoms with Crippen LogP contribution in [0.2, 0.25) is 0 Å². The number of anilines is 1. The Labute approximate surface area is 175 Å². The van der Waals surface area contributed by atoms with Crippen LogP contribution < -0.4 is 10.2 Å². The SMILES string of the molecule is CC(C)C(c1ccccc1)N(C)C(=O)NCc1ccnc(N2CCCCCC2)c1. The van der Waals surface area contributed by atoms with Crippen LogP contribution in [0.4, 0.5) is 10.6 Å². The zero-order valence-corrected chi connectivity index (χ0v) is 18.0. The average Bonchev–Trinajstić information content (AvgIpc) is 3.02. The van der Waals surface area contributed by atoms with Crippen LogP contribution in [-0.4, -0.2) is 36.1 Å². The largest absolute Gasteiger partial charge is 0.357 e. The van der Waals surface area contributed by atoms with Crippen molar-refractivity contribution in [3.8, 4) is 0 Å². The van der Waals surface area contributed by atoms with Gasteiger partial charge < -0.3 is 15.1 Å². The van der Waals surface area contributed by atoms with E-state index < -0.39 is 0 Å². The van der Waals surface area contributed by atoms with Gasteiger partial charge in [0, 0.05) is 32.9 Å². The normalized spacial score (nSPS) is 15.7. The molecule has 1 atom stereocenters. The van der Waals surface area contributed by atoms with Crippen LogP contribution in [0.15, 0.2) is 48.7 Å². The van der Waals surface area contributed by atoms with E-state index in [1.54, 1.807) is 0 Å². The van der Waals surface area contributed by atoms with Crippen molar-refractivity contribution in [2.75, 3.05) is 25.0 Å². The Balaban J connectivity index is 1.63. The standard InChI is InChI=1S/C24H34N4O/c1-19(2)23(21-11-7-6-8-12-21)27(3)24(29)26-18-20-13-14-25-22(17-20)28-15-9-4-5-10-16-28/h6-8,11-14,17,19,23H,4-5,9-10,15-16,18H2,1-3H3,(H,26,29). The molecule has 0 aliphatic carbocycles. The molecule has 0 bridgehead atoms. The molecule has 0 saturated carbocycles. The molecule has 2 aromatic rings. The molecule has 5 nitrogen and oxygen atoms in total. The molecule has 1 aromatic heterocycles. The van der Waals surface area contributed by atoms with Gasteiger partial charge in [-0.1, -0.05) is 57.0 Å². The summed E-state index contributed by atoms with van der Waals surface area (Å²) in [4.78, 5) is 21.6. The van der Waals surface area contributed by atoms with E-state index in [1.165, 1.54) is 25.7 Å². The van der Waals surface area contributed by atoms with Gasteiger partial charge >= 0.3 is 6.03 Å². The van der Waals surface area contributed by atoms with Gasteiger partial charge in [0.05, 0.1) is 6.04 Å². The van der Waals surface area contributed by atoms with Gasteiger partial charge in [-0.2, -0.15) is 0 Å². The first-order valence-electron chi connectivity index (χ1n) is 10.8. The van der Waals surface area contributed by atoms with Crippen LogP contribution in [0, 0.1) is 5.92 Å². The highest BCUT2D eigenvalue weighted by atomic mass is 16.2. The molecular formula is C24H34N4O. The molecule has 5 heteroatoms. The summed E-state index contributed by atoms with van der Waals surface area (Å²) < 4.78 is 0. The van der Waals surface area contributed by atoms with Gasteiger partial charge in [0.2, 0.25) is 0 Å². The summed E-state index contributed by atoms with van der Waals surface area (Å²) in [6, 6.07) is 14.3. The number of carbonyl (C=O) groups excluding carboxylic acids is 1. The third-order valence-electron chi connectivity index (χ3n) is 5.69. The van der Waals surface area contributed by atoms with E-state index in [1.807, 2.05) is 42.4 Å². The number of amides is 2. The summed E-state index contributed by atoms with van der Waals surface area (Å²) in [7, 11) is 1.88. The number of urea groups is 1. The van der Waals surface area contributed by atoms with Gasteiger partial charge in [0.25, 0.3) is 0 Å². The van der Waals surface area contributed by atoms with Crippen molar-refractivity contribution in [2.24, 2.45) is 5.92 Å². The van der Waals surface area contributed by atoms with Crippen molar-refractivity contribution < 1.29 is 4.79 Å². The third-order valence-corrected chi connectivity index (χ3v) is 5.69. The number of rotatable bonds is 6. The Bertz CT molecular complexity index is 769. The van der Waals surface area contributed by atoms with Gasteiger partial charge in [-0.3, -0.25) is 0 Å². The molecule has 2 amide bonds. The highest BCUT2D eigenvalue weighted by Crippen LogP contribution is 2.27. The number of nitrogens with zero attached hydrogens (tertiary/aromatic N) is 3. The summed E-state index contributed by atoms with van der Waals surface area (Å²) in [5.41, 5.74) is 2.24. The second kappa shape index (κ2) is 10.3. The molecule has 0 spiro atoms. The molecule has 1 aliphatic heterocycles. The second-order valence-electron chi connectivity index (χ2n) is 8.29. The monoisotopic (exact) mass is 394 g/mol. The predicted octanol–water partition coefficient (Wildman–Crippen LogP) is 5.00. The lowest BCUT2D eigenvalue weighted by molar-refractivity contribution is 0.173. The fourth-order valence-electron chi connectivity index (χ4n) is 4.18. The van der Waals surface area contributed by atoms with Crippen molar-refractivity contribution in [1.82, 2.24) is 15.2 Å². The van der Waals surface area contributed by atoms with E-state index in [0.717, 1.165) is 30.0 Å². The second-order valence-corrected chi connectivity index (χ2v) is 8.29. The maximum absolute atomic E-state index is 12.9. The number of hydrogen-bond donors (Lipinski definition) is 1. The predicted molar refractivity (Wildman–Crippen MR) is 119 cm³/mol. The number of carbonyl (C=O) groups is 1. The number of nitrogens with one attached hydrogen (secondary N) is 1. The molecule has 1 N–H and O–H groups in total. The van der Waals surface area contributed by atoms with Crippen molar-refractivity contribution >= 4 is 11.8 Å². The molecule has 156 valence electrons. The molecule has 2 heterocycles. The van der Waals surface area contributed by atoms with Crippen molar-refractivity contribution in [1.29, 1.82) is 0 Å². The van der Waals surface area contributed by atoms with E-state index in [0.29, 0.717) is 12.5 Å². The molecule has 1 aliphatic rings. The highest BCUT2D eigenvalue weighted by Gasteiger charge is 2.24. The van der Waals surface area contributed by atoms with Crippen LogP contribution in [-0.2, 0) is 6.54 Å². The highest BCUT2D eigenvalue weighted by molar-refractivity contribution is 5.74. The summed E-state index contributed by atoms with van der Waals surface area (Å²) in [5, 5.41) is 3.09. The number of aromatic nitrogens is 1. The van der Waals surface area contributed by atoms with Crippen LogP contribution in [0.1, 0.15) is 56.7 Å². The Morgan fingerprint density at radius 2 is 1.79 bits per heavy atom. The minimum absolute atomic E-state index is 0.0429. The Kier molecular flexibility index (Phi) is 7.50. The Hall–Kier alpha value is -2.56.